The highest BCUT2D eigenvalue weighted by Gasteiger charge is 2.21. The van der Waals surface area contributed by atoms with Gasteiger partial charge in [-0.2, -0.15) is 0 Å². The second kappa shape index (κ2) is 5.07. The van der Waals surface area contributed by atoms with E-state index in [4.69, 9.17) is 5.84 Å². The Morgan fingerprint density at radius 2 is 2.11 bits per heavy atom. The van der Waals surface area contributed by atoms with Crippen LogP contribution in [0.2, 0.25) is 0 Å². The lowest BCUT2D eigenvalue weighted by atomic mass is 10.2. The number of hydrogen-bond acceptors (Lipinski definition) is 7. The number of aromatic nitrogens is 2. The Morgan fingerprint density at radius 1 is 1.33 bits per heavy atom. The van der Waals surface area contributed by atoms with Gasteiger partial charge in [0.05, 0.1) is 11.5 Å². The molecule has 0 atom stereocenters. The van der Waals surface area contributed by atoms with Gasteiger partial charge in [0.15, 0.2) is 9.84 Å². The van der Waals surface area contributed by atoms with Crippen LogP contribution in [0.5, 0.6) is 0 Å². The van der Waals surface area contributed by atoms with Gasteiger partial charge in [-0.15, -0.1) is 0 Å². The van der Waals surface area contributed by atoms with E-state index in [1.54, 1.807) is 0 Å². The smallest absolute Gasteiger partial charge is 0.152 e. The maximum absolute atomic E-state index is 11.6. The van der Waals surface area contributed by atoms with Gasteiger partial charge in [0, 0.05) is 18.7 Å². The number of anilines is 2. The molecule has 2 rings (SSSR count). The van der Waals surface area contributed by atoms with Crippen molar-refractivity contribution in [1.82, 2.24) is 9.97 Å². The highest BCUT2D eigenvalue weighted by atomic mass is 32.2. The summed E-state index contributed by atoms with van der Waals surface area (Å²) in [4.78, 5) is 10.2. The second-order valence-corrected chi connectivity index (χ2v) is 6.61. The highest BCUT2D eigenvalue weighted by Crippen LogP contribution is 2.22. The summed E-state index contributed by atoms with van der Waals surface area (Å²) in [5.74, 6) is 7.09. The number of nitrogen functional groups attached to an aromatic ring is 1. The van der Waals surface area contributed by atoms with Gasteiger partial charge in [0.25, 0.3) is 0 Å². The SMILES string of the molecule is Cc1c(NN)ncnc1N1CCCS(=O)(=O)CC1. The molecule has 0 spiro atoms. The van der Waals surface area contributed by atoms with Crippen LogP contribution in [0.1, 0.15) is 12.0 Å². The quantitative estimate of drug-likeness (QED) is 0.562. The molecule has 0 bridgehead atoms. The minimum Gasteiger partial charge on any atom is -0.355 e. The lowest BCUT2D eigenvalue weighted by Crippen LogP contribution is -2.29. The van der Waals surface area contributed by atoms with E-state index in [2.05, 4.69) is 15.4 Å². The van der Waals surface area contributed by atoms with Gasteiger partial charge in [0.2, 0.25) is 0 Å². The maximum Gasteiger partial charge on any atom is 0.152 e. The van der Waals surface area contributed by atoms with E-state index >= 15 is 0 Å². The first kappa shape index (κ1) is 13.0. The molecule has 18 heavy (non-hydrogen) atoms. The molecule has 7 nitrogen and oxygen atoms in total. The van der Waals surface area contributed by atoms with E-state index in [1.165, 1.54) is 6.33 Å². The zero-order valence-electron chi connectivity index (χ0n) is 10.3. The summed E-state index contributed by atoms with van der Waals surface area (Å²) in [6, 6.07) is 0. The third-order valence-electron chi connectivity index (χ3n) is 3.05. The molecule has 1 aliphatic rings. The molecule has 2 heterocycles. The lowest BCUT2D eigenvalue weighted by Gasteiger charge is -2.23. The second-order valence-electron chi connectivity index (χ2n) is 4.31. The van der Waals surface area contributed by atoms with Crippen molar-refractivity contribution < 1.29 is 8.42 Å². The predicted octanol–water partition coefficient (Wildman–Crippen LogP) is -0.304. The molecule has 1 aromatic rings. The molecule has 0 aliphatic carbocycles. The fourth-order valence-corrected chi connectivity index (χ4v) is 3.33. The van der Waals surface area contributed by atoms with Crippen molar-refractivity contribution in [1.29, 1.82) is 0 Å². The van der Waals surface area contributed by atoms with Crippen LogP contribution in [0.25, 0.3) is 0 Å². The molecule has 8 heteroatoms. The van der Waals surface area contributed by atoms with Crippen LogP contribution in [0.4, 0.5) is 11.6 Å². The lowest BCUT2D eigenvalue weighted by molar-refractivity contribution is 0.597. The molecule has 1 aliphatic heterocycles. The molecular formula is C10H17N5O2S. The molecule has 1 fully saturated rings. The number of hydrogen-bond donors (Lipinski definition) is 2. The van der Waals surface area contributed by atoms with Gasteiger partial charge < -0.3 is 10.3 Å². The van der Waals surface area contributed by atoms with Crippen molar-refractivity contribution in [3.8, 4) is 0 Å². The van der Waals surface area contributed by atoms with Gasteiger partial charge in [0.1, 0.15) is 18.0 Å². The molecule has 0 radical (unpaired) electrons. The van der Waals surface area contributed by atoms with E-state index < -0.39 is 9.84 Å². The molecule has 0 saturated carbocycles. The van der Waals surface area contributed by atoms with Crippen molar-refractivity contribution in [2.24, 2.45) is 5.84 Å². The Balaban J connectivity index is 2.26. The third-order valence-corrected chi connectivity index (χ3v) is 4.76. The van der Waals surface area contributed by atoms with Crippen LogP contribution in [-0.4, -0.2) is 43.0 Å². The summed E-state index contributed by atoms with van der Waals surface area (Å²) in [5.41, 5.74) is 3.34. The first-order valence-corrected chi connectivity index (χ1v) is 7.59. The fraction of sp³-hybridized carbons (Fsp3) is 0.600. The Kier molecular flexibility index (Phi) is 3.67. The van der Waals surface area contributed by atoms with E-state index in [1.807, 2.05) is 11.8 Å². The molecular weight excluding hydrogens is 254 g/mol. The summed E-state index contributed by atoms with van der Waals surface area (Å²) in [6.07, 6.45) is 2.05. The Bertz CT molecular complexity index is 531. The van der Waals surface area contributed by atoms with Crippen molar-refractivity contribution in [2.75, 3.05) is 34.9 Å². The molecule has 1 aromatic heterocycles. The molecule has 0 aromatic carbocycles. The average molecular weight is 271 g/mol. The first-order valence-electron chi connectivity index (χ1n) is 5.77. The number of nitrogens with one attached hydrogen (secondary N) is 1. The van der Waals surface area contributed by atoms with Gasteiger partial charge >= 0.3 is 0 Å². The standard InChI is InChI=1S/C10H17N5O2S/c1-8-9(14-11)12-7-13-10(8)15-3-2-5-18(16,17)6-4-15/h7H,2-6,11H2,1H3,(H,12,13,14). The highest BCUT2D eigenvalue weighted by molar-refractivity contribution is 7.91. The molecule has 0 unspecified atom stereocenters. The normalized spacial score (nSPS) is 19.3. The average Bonchev–Trinajstić information content (AvgIpc) is 2.51. The van der Waals surface area contributed by atoms with E-state index in [-0.39, 0.29) is 11.5 Å². The van der Waals surface area contributed by atoms with Crippen LogP contribution in [0, 0.1) is 6.92 Å². The van der Waals surface area contributed by atoms with Crippen LogP contribution < -0.4 is 16.2 Å². The minimum absolute atomic E-state index is 0.168. The predicted molar refractivity (Wildman–Crippen MR) is 70.1 cm³/mol. The Labute approximate surface area is 106 Å². The van der Waals surface area contributed by atoms with Gasteiger partial charge in [-0.1, -0.05) is 0 Å². The number of rotatable bonds is 2. The summed E-state index contributed by atoms with van der Waals surface area (Å²) < 4.78 is 23.1. The topological polar surface area (TPSA) is 101 Å². The zero-order valence-corrected chi connectivity index (χ0v) is 11.1. The van der Waals surface area contributed by atoms with Crippen molar-refractivity contribution >= 4 is 21.5 Å². The fourth-order valence-electron chi connectivity index (χ4n) is 2.06. The zero-order chi connectivity index (χ0) is 13.2. The van der Waals surface area contributed by atoms with E-state index in [0.717, 1.165) is 11.4 Å². The monoisotopic (exact) mass is 271 g/mol. The Hall–Kier alpha value is -1.41. The maximum atomic E-state index is 11.6. The molecule has 0 amide bonds. The van der Waals surface area contributed by atoms with E-state index in [9.17, 15) is 8.42 Å². The van der Waals surface area contributed by atoms with Crippen LogP contribution in [-0.2, 0) is 9.84 Å². The van der Waals surface area contributed by atoms with Crippen LogP contribution in [0.15, 0.2) is 6.33 Å². The largest absolute Gasteiger partial charge is 0.355 e. The summed E-state index contributed by atoms with van der Waals surface area (Å²) >= 11 is 0. The minimum atomic E-state index is -2.91. The van der Waals surface area contributed by atoms with E-state index in [0.29, 0.717) is 25.3 Å². The molecule has 100 valence electrons. The first-order chi connectivity index (χ1) is 8.53. The van der Waals surface area contributed by atoms with Crippen LogP contribution in [0.3, 0.4) is 0 Å². The summed E-state index contributed by atoms with van der Waals surface area (Å²) in [6.45, 7) is 3.01. The number of sulfone groups is 1. The summed E-state index contributed by atoms with van der Waals surface area (Å²) in [7, 11) is -2.91. The number of nitrogens with zero attached hydrogens (tertiary/aromatic N) is 3. The van der Waals surface area contributed by atoms with Crippen LogP contribution >= 0.6 is 0 Å². The Morgan fingerprint density at radius 3 is 2.83 bits per heavy atom. The van der Waals surface area contributed by atoms with Gasteiger partial charge in [-0.05, 0) is 13.3 Å². The number of hydrazine groups is 1. The van der Waals surface area contributed by atoms with Crippen molar-refractivity contribution in [2.45, 2.75) is 13.3 Å². The van der Waals surface area contributed by atoms with Gasteiger partial charge in [-0.3, -0.25) is 0 Å². The van der Waals surface area contributed by atoms with Gasteiger partial charge in [-0.25, -0.2) is 24.2 Å². The van der Waals surface area contributed by atoms with Crippen molar-refractivity contribution in [3.05, 3.63) is 11.9 Å². The van der Waals surface area contributed by atoms with Crippen molar-refractivity contribution in [3.63, 3.8) is 0 Å². The molecule has 1 saturated heterocycles. The number of nitrogens with two attached hydrogens (primary N) is 1. The summed E-state index contributed by atoms with van der Waals surface area (Å²) in [5, 5.41) is 0. The molecule has 3 N–H and O–H groups in total. The third kappa shape index (κ3) is 2.70.